The average Bonchev–Trinajstić information content (AvgIpc) is 3.33. The van der Waals surface area contributed by atoms with Crippen molar-refractivity contribution in [2.24, 2.45) is 0 Å². The Kier molecular flexibility index (Phi) is 6.86. The molecule has 1 aliphatic heterocycles. The van der Waals surface area contributed by atoms with E-state index in [1.165, 1.54) is 30.5 Å². The summed E-state index contributed by atoms with van der Waals surface area (Å²) in [6, 6.07) is 0. The SMILES string of the molecule is COc1cnc(-n2cnc(C)n2)c2[n-]cc(C(=O)C(=O)N3CCN(C)CC3)c12.[K+]. The molecular weight excluding hydrogens is 401 g/mol. The first-order valence-corrected chi connectivity index (χ1v) is 8.88. The maximum Gasteiger partial charge on any atom is 1.00 e. The molecule has 146 valence electrons. The number of hydrogen-bond donors (Lipinski definition) is 0. The van der Waals surface area contributed by atoms with E-state index >= 15 is 0 Å². The van der Waals surface area contributed by atoms with Crippen LogP contribution in [0, 0.1) is 6.92 Å². The maximum absolute atomic E-state index is 13.0. The van der Waals surface area contributed by atoms with Crippen LogP contribution < -0.4 is 61.1 Å². The fraction of sp³-hybridized carbons (Fsp3) is 0.389. The van der Waals surface area contributed by atoms with E-state index in [-0.39, 0.29) is 56.9 Å². The van der Waals surface area contributed by atoms with Crippen molar-refractivity contribution >= 4 is 22.6 Å². The van der Waals surface area contributed by atoms with Gasteiger partial charge in [-0.2, -0.15) is 11.3 Å². The summed E-state index contributed by atoms with van der Waals surface area (Å²) in [5, 5.41) is 4.71. The zero-order valence-electron chi connectivity index (χ0n) is 16.9. The van der Waals surface area contributed by atoms with Gasteiger partial charge < -0.3 is 19.5 Å². The quantitative estimate of drug-likeness (QED) is 0.250. The number of methoxy groups -OCH3 is 1. The molecule has 1 fully saturated rings. The Balaban J connectivity index is 0.00000240. The van der Waals surface area contributed by atoms with Gasteiger partial charge in [-0.05, 0) is 14.0 Å². The predicted octanol–water partition coefficient (Wildman–Crippen LogP) is -2.95. The molecular formula is C18H20KN7O3. The Labute approximate surface area is 210 Å². The molecule has 0 spiro atoms. The number of hydrogen-bond acceptors (Lipinski definition) is 7. The van der Waals surface area contributed by atoms with Gasteiger partial charge in [0, 0.05) is 37.1 Å². The summed E-state index contributed by atoms with van der Waals surface area (Å²) in [6.07, 6.45) is 4.42. The second kappa shape index (κ2) is 9.02. The minimum absolute atomic E-state index is 0. The molecule has 0 aromatic carbocycles. The maximum atomic E-state index is 13.0. The van der Waals surface area contributed by atoms with Gasteiger partial charge in [0.2, 0.25) is 5.78 Å². The molecule has 0 N–H and O–H groups in total. The Morgan fingerprint density at radius 3 is 2.52 bits per heavy atom. The molecule has 10 nitrogen and oxygen atoms in total. The van der Waals surface area contributed by atoms with Gasteiger partial charge in [-0.15, -0.1) is 0 Å². The molecule has 0 radical (unpaired) electrons. The number of ketones is 1. The smallest absolute Gasteiger partial charge is 0.660 e. The molecule has 1 aliphatic rings. The summed E-state index contributed by atoms with van der Waals surface area (Å²) in [7, 11) is 3.47. The number of carbonyl (C=O) groups excluding carboxylic acids is 2. The van der Waals surface area contributed by atoms with Crippen molar-refractivity contribution < 1.29 is 65.7 Å². The third-order valence-electron chi connectivity index (χ3n) is 4.86. The Morgan fingerprint density at radius 2 is 1.90 bits per heavy atom. The van der Waals surface area contributed by atoms with Crippen molar-refractivity contribution in [3.63, 3.8) is 0 Å². The molecule has 1 amide bonds. The molecule has 4 rings (SSSR count). The summed E-state index contributed by atoms with van der Waals surface area (Å²) in [5.41, 5.74) is 0.634. The molecule has 0 aliphatic carbocycles. The number of likely N-dealkylation sites (N-methyl/N-ethyl adjacent to an activating group) is 1. The molecule has 0 saturated carbocycles. The van der Waals surface area contributed by atoms with E-state index < -0.39 is 11.7 Å². The normalized spacial score (nSPS) is 14.7. The Hall–Kier alpha value is -1.63. The van der Waals surface area contributed by atoms with E-state index in [0.717, 1.165) is 13.1 Å². The van der Waals surface area contributed by atoms with Crippen LogP contribution in [-0.4, -0.2) is 81.6 Å². The largest absolute Gasteiger partial charge is 1.00 e. The topological polar surface area (TPSA) is 108 Å². The molecule has 0 bridgehead atoms. The number of aromatic nitrogens is 5. The molecule has 3 aromatic rings. The van der Waals surface area contributed by atoms with Crippen molar-refractivity contribution in [2.75, 3.05) is 40.3 Å². The molecule has 0 atom stereocenters. The van der Waals surface area contributed by atoms with E-state index in [1.807, 2.05) is 7.05 Å². The van der Waals surface area contributed by atoms with Crippen LogP contribution in [0.3, 0.4) is 0 Å². The summed E-state index contributed by atoms with van der Waals surface area (Å²) in [5.74, 6) is 0.251. The monoisotopic (exact) mass is 421 g/mol. The number of rotatable bonds is 4. The molecule has 1 saturated heterocycles. The first-order chi connectivity index (χ1) is 13.5. The van der Waals surface area contributed by atoms with Crippen LogP contribution in [0.15, 0.2) is 18.7 Å². The number of Topliss-reactive ketones (excluding diaryl/α,β-unsaturated/α-hetero) is 1. The van der Waals surface area contributed by atoms with Gasteiger partial charge in [0.15, 0.2) is 0 Å². The number of carbonyl (C=O) groups is 2. The molecule has 0 unspecified atom stereocenters. The number of aryl methyl sites for hydroxylation is 1. The minimum Gasteiger partial charge on any atom is -0.660 e. The Morgan fingerprint density at radius 1 is 1.17 bits per heavy atom. The minimum atomic E-state index is -0.600. The number of piperazine rings is 1. The van der Waals surface area contributed by atoms with E-state index in [4.69, 9.17) is 4.74 Å². The Bertz CT molecular complexity index is 1050. The van der Waals surface area contributed by atoms with E-state index in [2.05, 4.69) is 25.0 Å². The van der Waals surface area contributed by atoms with E-state index in [1.54, 1.807) is 11.8 Å². The number of fused-ring (bicyclic) bond motifs is 1. The van der Waals surface area contributed by atoms with Crippen LogP contribution in [0.2, 0.25) is 0 Å². The van der Waals surface area contributed by atoms with Crippen molar-refractivity contribution in [2.45, 2.75) is 6.92 Å². The summed E-state index contributed by atoms with van der Waals surface area (Å²) >= 11 is 0. The van der Waals surface area contributed by atoms with Gasteiger partial charge >= 0.3 is 51.4 Å². The van der Waals surface area contributed by atoms with E-state index in [9.17, 15) is 9.59 Å². The zero-order chi connectivity index (χ0) is 19.8. The zero-order valence-corrected chi connectivity index (χ0v) is 20.0. The third-order valence-corrected chi connectivity index (χ3v) is 4.86. The molecule has 4 heterocycles. The van der Waals surface area contributed by atoms with Crippen molar-refractivity contribution in [1.29, 1.82) is 0 Å². The van der Waals surface area contributed by atoms with Gasteiger partial charge in [0.1, 0.15) is 23.7 Å². The van der Waals surface area contributed by atoms with Crippen LogP contribution in [0.25, 0.3) is 16.7 Å². The summed E-state index contributed by atoms with van der Waals surface area (Å²) in [4.78, 5) is 42.2. The molecule has 11 heteroatoms. The second-order valence-corrected chi connectivity index (χ2v) is 6.71. The van der Waals surface area contributed by atoms with Crippen LogP contribution in [0.1, 0.15) is 16.2 Å². The average molecular weight is 422 g/mol. The molecule has 3 aromatic heterocycles. The van der Waals surface area contributed by atoms with Gasteiger partial charge in [0.25, 0.3) is 5.91 Å². The number of pyridine rings is 1. The molecule has 29 heavy (non-hydrogen) atoms. The van der Waals surface area contributed by atoms with E-state index in [0.29, 0.717) is 41.4 Å². The van der Waals surface area contributed by atoms with Crippen molar-refractivity contribution in [3.8, 4) is 11.6 Å². The first-order valence-electron chi connectivity index (χ1n) is 8.88. The van der Waals surface area contributed by atoms with Gasteiger partial charge in [-0.3, -0.25) is 9.59 Å². The predicted molar refractivity (Wildman–Crippen MR) is 99.7 cm³/mol. The van der Waals surface area contributed by atoms with Gasteiger partial charge in [0.05, 0.1) is 13.3 Å². The first kappa shape index (κ1) is 22.1. The van der Waals surface area contributed by atoms with Crippen LogP contribution in [0.4, 0.5) is 0 Å². The van der Waals surface area contributed by atoms with Gasteiger partial charge in [-0.1, -0.05) is 5.52 Å². The standard InChI is InChI=1S/C18H21N7O3.K/c1-11-21-10-25(22-11)17-15-14(13(28-3)9-20-17)12(8-19-15)16(26)18(27)24-6-4-23(2)5-7-24;/h8-10H,4-7H2,1-3H3,(H,19,20,26);/q;+1/p-1. The number of ether oxygens (including phenoxy) is 1. The van der Waals surface area contributed by atoms with Crippen LogP contribution in [-0.2, 0) is 4.79 Å². The van der Waals surface area contributed by atoms with Gasteiger partial charge in [-0.25, -0.2) is 14.6 Å². The van der Waals surface area contributed by atoms with Crippen LogP contribution in [0.5, 0.6) is 5.75 Å². The second-order valence-electron chi connectivity index (χ2n) is 6.71. The third kappa shape index (κ3) is 4.16. The number of nitrogens with zero attached hydrogens (tertiary/aromatic N) is 7. The fourth-order valence-corrected chi connectivity index (χ4v) is 3.26. The number of amides is 1. The van der Waals surface area contributed by atoms with Crippen molar-refractivity contribution in [1.82, 2.24) is 34.5 Å². The summed E-state index contributed by atoms with van der Waals surface area (Å²) in [6.45, 7) is 4.29. The summed E-state index contributed by atoms with van der Waals surface area (Å²) < 4.78 is 6.87. The van der Waals surface area contributed by atoms with Crippen molar-refractivity contribution in [3.05, 3.63) is 30.1 Å². The van der Waals surface area contributed by atoms with Crippen LogP contribution >= 0.6 is 0 Å². The fourth-order valence-electron chi connectivity index (χ4n) is 3.26.